The van der Waals surface area contributed by atoms with Crippen molar-refractivity contribution in [3.05, 3.63) is 102 Å². The summed E-state index contributed by atoms with van der Waals surface area (Å²) in [5.41, 5.74) is 2.16. The van der Waals surface area contributed by atoms with Crippen molar-refractivity contribution in [2.45, 2.75) is 13.0 Å². The first-order valence-electron chi connectivity index (χ1n) is 8.60. The molecule has 3 aromatic carbocycles. The quantitative estimate of drug-likeness (QED) is 0.604. The van der Waals surface area contributed by atoms with Crippen LogP contribution >= 0.6 is 0 Å². The molecule has 3 aromatic rings. The molecule has 0 saturated carbocycles. The second-order valence-electron chi connectivity index (χ2n) is 5.99. The molecule has 1 atom stereocenters. The Balaban J connectivity index is 1.91. The smallest absolute Gasteiger partial charge is 0.336 e. The van der Waals surface area contributed by atoms with E-state index in [9.17, 15) is 15.0 Å². The molecule has 0 aromatic heterocycles. The fraction of sp³-hybridized carbons (Fsp3) is 0.0870. The van der Waals surface area contributed by atoms with Crippen molar-refractivity contribution in [2.24, 2.45) is 0 Å². The van der Waals surface area contributed by atoms with Crippen molar-refractivity contribution in [2.75, 3.05) is 0 Å². The Morgan fingerprint density at radius 3 is 2.30 bits per heavy atom. The summed E-state index contributed by atoms with van der Waals surface area (Å²) in [5.74, 6) is -0.0445. The van der Waals surface area contributed by atoms with Gasteiger partial charge >= 0.3 is 5.97 Å². The van der Waals surface area contributed by atoms with Gasteiger partial charge < -0.3 is 14.9 Å². The second kappa shape index (κ2) is 8.34. The number of aliphatic hydroxyl groups is 1. The molecule has 0 bridgehead atoms. The zero-order chi connectivity index (χ0) is 19.2. The first kappa shape index (κ1) is 18.4. The van der Waals surface area contributed by atoms with Gasteiger partial charge in [-0.15, -0.1) is 0 Å². The van der Waals surface area contributed by atoms with Crippen molar-refractivity contribution in [1.29, 1.82) is 0 Å². The van der Waals surface area contributed by atoms with E-state index < -0.39 is 12.1 Å². The molecule has 0 fully saturated rings. The van der Waals surface area contributed by atoms with Gasteiger partial charge in [0.05, 0.1) is 5.57 Å². The standard InChI is InChI=1S/C23H20O4/c1-2-19(23(25)26)20-13-6-7-14-21(20)27-18-12-8-11-17(15-18)22(24)16-9-4-3-5-10-16/h2-15,22,24H,1H3,(H,25,26)/b19-2+. The highest BCUT2D eigenvalue weighted by molar-refractivity contribution is 6.16. The van der Waals surface area contributed by atoms with Crippen molar-refractivity contribution >= 4 is 11.5 Å². The van der Waals surface area contributed by atoms with Crippen LogP contribution in [0.2, 0.25) is 0 Å². The minimum Gasteiger partial charge on any atom is -0.478 e. The molecular formula is C23H20O4. The number of para-hydroxylation sites is 1. The third-order valence-electron chi connectivity index (χ3n) is 4.21. The van der Waals surface area contributed by atoms with Crippen molar-refractivity contribution in [3.8, 4) is 11.5 Å². The van der Waals surface area contributed by atoms with Crippen LogP contribution in [0.5, 0.6) is 11.5 Å². The molecule has 0 saturated heterocycles. The van der Waals surface area contributed by atoms with Gasteiger partial charge in [-0.25, -0.2) is 4.79 Å². The van der Waals surface area contributed by atoms with E-state index in [-0.39, 0.29) is 5.57 Å². The van der Waals surface area contributed by atoms with Crippen molar-refractivity contribution in [3.63, 3.8) is 0 Å². The molecule has 0 amide bonds. The highest BCUT2D eigenvalue weighted by atomic mass is 16.5. The van der Waals surface area contributed by atoms with E-state index in [1.54, 1.807) is 55.5 Å². The Bertz CT molecular complexity index is 961. The van der Waals surface area contributed by atoms with Crippen LogP contribution in [-0.4, -0.2) is 16.2 Å². The summed E-state index contributed by atoms with van der Waals surface area (Å²) in [6, 6.07) is 23.5. The number of carboxylic acid groups (broad SMARTS) is 1. The number of hydrogen-bond acceptors (Lipinski definition) is 3. The highest BCUT2D eigenvalue weighted by Crippen LogP contribution is 2.32. The normalized spacial score (nSPS) is 12.4. The molecule has 2 N–H and O–H groups in total. The molecule has 3 rings (SSSR count). The molecular weight excluding hydrogens is 340 g/mol. The number of allylic oxidation sites excluding steroid dienone is 1. The van der Waals surface area contributed by atoms with Crippen LogP contribution in [0.15, 0.2) is 84.9 Å². The summed E-state index contributed by atoms with van der Waals surface area (Å²) >= 11 is 0. The number of benzene rings is 3. The van der Waals surface area contributed by atoms with Crippen LogP contribution in [0.1, 0.15) is 29.7 Å². The molecule has 136 valence electrons. The molecule has 27 heavy (non-hydrogen) atoms. The van der Waals surface area contributed by atoms with E-state index in [1.807, 2.05) is 36.4 Å². The van der Waals surface area contributed by atoms with Crippen LogP contribution in [0, 0.1) is 0 Å². The summed E-state index contributed by atoms with van der Waals surface area (Å²) in [6.45, 7) is 1.68. The van der Waals surface area contributed by atoms with Gasteiger partial charge in [-0.2, -0.15) is 0 Å². The maximum absolute atomic E-state index is 11.5. The first-order chi connectivity index (χ1) is 13.1. The maximum atomic E-state index is 11.5. The van der Waals surface area contributed by atoms with Gasteiger partial charge in [0.15, 0.2) is 0 Å². The minimum absolute atomic E-state index is 0.172. The van der Waals surface area contributed by atoms with E-state index in [0.29, 0.717) is 22.6 Å². The Hall–Kier alpha value is -3.37. The van der Waals surface area contributed by atoms with Gasteiger partial charge in [0.1, 0.15) is 17.6 Å². The SMILES string of the molecule is C/C=C(/C(=O)O)c1ccccc1Oc1cccc(C(O)c2ccccc2)c1. The first-order valence-corrected chi connectivity index (χ1v) is 8.60. The lowest BCUT2D eigenvalue weighted by molar-refractivity contribution is -0.130. The van der Waals surface area contributed by atoms with E-state index in [1.165, 1.54) is 0 Å². The number of rotatable bonds is 6. The third-order valence-corrected chi connectivity index (χ3v) is 4.21. The van der Waals surface area contributed by atoms with Gasteiger partial charge in [-0.1, -0.05) is 66.7 Å². The molecule has 0 radical (unpaired) electrons. The molecule has 0 aliphatic carbocycles. The number of hydrogen-bond donors (Lipinski definition) is 2. The Kier molecular flexibility index (Phi) is 5.69. The van der Waals surface area contributed by atoms with Crippen molar-refractivity contribution < 1.29 is 19.7 Å². The van der Waals surface area contributed by atoms with E-state index in [4.69, 9.17) is 4.74 Å². The largest absolute Gasteiger partial charge is 0.478 e. The van der Waals surface area contributed by atoms with E-state index in [0.717, 1.165) is 5.56 Å². The lowest BCUT2D eigenvalue weighted by Crippen LogP contribution is -2.02. The third kappa shape index (κ3) is 4.25. The summed E-state index contributed by atoms with van der Waals surface area (Å²) in [5, 5.41) is 20.0. The zero-order valence-corrected chi connectivity index (χ0v) is 14.9. The molecule has 4 nitrogen and oxygen atoms in total. The lowest BCUT2D eigenvalue weighted by atomic mass is 10.0. The highest BCUT2D eigenvalue weighted by Gasteiger charge is 2.16. The number of ether oxygens (including phenoxy) is 1. The predicted octanol–water partition coefficient (Wildman–Crippen LogP) is 5.05. The fourth-order valence-electron chi connectivity index (χ4n) is 2.88. The second-order valence-corrected chi connectivity index (χ2v) is 5.99. The molecule has 0 spiro atoms. The van der Waals surface area contributed by atoms with E-state index in [2.05, 4.69) is 0 Å². The predicted molar refractivity (Wildman–Crippen MR) is 105 cm³/mol. The summed E-state index contributed by atoms with van der Waals surface area (Å²) in [7, 11) is 0. The van der Waals surface area contributed by atoms with Gasteiger partial charge in [0.25, 0.3) is 0 Å². The average molecular weight is 360 g/mol. The van der Waals surface area contributed by atoms with Crippen LogP contribution in [0.4, 0.5) is 0 Å². The van der Waals surface area contributed by atoms with Crippen LogP contribution < -0.4 is 4.74 Å². The number of aliphatic carboxylic acids is 1. The Morgan fingerprint density at radius 2 is 1.59 bits per heavy atom. The van der Waals surface area contributed by atoms with Gasteiger partial charge in [-0.3, -0.25) is 0 Å². The Labute approximate surface area is 158 Å². The summed E-state index contributed by atoms with van der Waals surface area (Å²) in [6.07, 6.45) is 0.773. The Morgan fingerprint density at radius 1 is 0.926 bits per heavy atom. The van der Waals surface area contributed by atoms with Crippen LogP contribution in [-0.2, 0) is 4.79 Å². The van der Waals surface area contributed by atoms with Gasteiger partial charge in [0.2, 0.25) is 0 Å². The molecule has 1 unspecified atom stereocenters. The number of carboxylic acids is 1. The lowest BCUT2D eigenvalue weighted by Gasteiger charge is -2.15. The van der Waals surface area contributed by atoms with Crippen molar-refractivity contribution in [1.82, 2.24) is 0 Å². The molecule has 0 aliphatic heterocycles. The average Bonchev–Trinajstić information content (AvgIpc) is 2.70. The number of aliphatic hydroxyl groups excluding tert-OH is 1. The van der Waals surface area contributed by atoms with Crippen LogP contribution in [0.25, 0.3) is 5.57 Å². The van der Waals surface area contributed by atoms with Crippen LogP contribution in [0.3, 0.4) is 0 Å². The van der Waals surface area contributed by atoms with Gasteiger partial charge in [0, 0.05) is 5.56 Å². The maximum Gasteiger partial charge on any atom is 0.336 e. The molecule has 0 heterocycles. The zero-order valence-electron chi connectivity index (χ0n) is 14.9. The minimum atomic E-state index is -1.01. The van der Waals surface area contributed by atoms with Gasteiger partial charge in [-0.05, 0) is 36.2 Å². The monoisotopic (exact) mass is 360 g/mol. The fourth-order valence-corrected chi connectivity index (χ4v) is 2.88. The number of carbonyl (C=O) groups is 1. The van der Waals surface area contributed by atoms with E-state index >= 15 is 0 Å². The summed E-state index contributed by atoms with van der Waals surface area (Å²) in [4.78, 5) is 11.5. The topological polar surface area (TPSA) is 66.8 Å². The molecule has 4 heteroatoms. The summed E-state index contributed by atoms with van der Waals surface area (Å²) < 4.78 is 5.95. The molecule has 0 aliphatic rings.